The zero-order valence-corrected chi connectivity index (χ0v) is 10.6. The van der Waals surface area contributed by atoms with Crippen LogP contribution in [0.5, 0.6) is 0 Å². The van der Waals surface area contributed by atoms with Crippen molar-refractivity contribution in [1.29, 1.82) is 0 Å². The minimum absolute atomic E-state index is 0.0280. The minimum atomic E-state index is -0.0280. The number of nitrogens with one attached hydrogen (secondary N) is 1. The second-order valence-corrected chi connectivity index (χ2v) is 4.11. The van der Waals surface area contributed by atoms with Gasteiger partial charge in [0, 0.05) is 18.5 Å². The fraction of sp³-hybridized carbons (Fsp3) is 0.400. The number of carbonyl (C=O) groups is 1. The molecule has 0 aliphatic heterocycles. The van der Waals surface area contributed by atoms with Gasteiger partial charge >= 0.3 is 0 Å². The third-order valence-electron chi connectivity index (χ3n) is 2.71. The van der Waals surface area contributed by atoms with Crippen molar-refractivity contribution in [2.24, 2.45) is 5.73 Å². The largest absolute Gasteiger partial charge is 0.352 e. The molecule has 0 radical (unpaired) electrons. The lowest BCUT2D eigenvalue weighted by atomic mass is 10.0. The molecule has 1 aromatic carbocycles. The molecule has 0 fully saturated rings. The fourth-order valence-corrected chi connectivity index (χ4v) is 1.76. The van der Waals surface area contributed by atoms with Gasteiger partial charge in [-0.1, -0.05) is 18.2 Å². The van der Waals surface area contributed by atoms with E-state index < -0.39 is 0 Å². The van der Waals surface area contributed by atoms with Crippen molar-refractivity contribution >= 4 is 5.91 Å². The average Bonchev–Trinajstić information content (AvgIpc) is 2.39. The molecule has 0 aromatic heterocycles. The van der Waals surface area contributed by atoms with E-state index in [0.29, 0.717) is 13.1 Å². The Morgan fingerprint density at radius 2 is 2.11 bits per heavy atom. The van der Waals surface area contributed by atoms with Crippen molar-refractivity contribution in [2.45, 2.75) is 25.7 Å². The molecular formula is C15H20N2O. The predicted octanol–water partition coefficient (Wildman–Crippen LogP) is 1.72. The molecule has 0 aliphatic rings. The molecule has 0 saturated heterocycles. The number of hydrogen-bond donors (Lipinski definition) is 2. The van der Waals surface area contributed by atoms with Crippen molar-refractivity contribution in [2.75, 3.05) is 13.1 Å². The molecule has 0 bridgehead atoms. The number of amides is 1. The molecule has 0 spiro atoms. The maximum atomic E-state index is 12.0. The molecule has 0 unspecified atom stereocenters. The van der Waals surface area contributed by atoms with E-state index in [4.69, 9.17) is 12.2 Å². The lowest BCUT2D eigenvalue weighted by molar-refractivity contribution is 0.0952. The summed E-state index contributed by atoms with van der Waals surface area (Å²) in [6.45, 7) is 1.21. The first-order valence-electron chi connectivity index (χ1n) is 6.29. The molecule has 1 amide bonds. The zero-order chi connectivity index (χ0) is 13.2. The summed E-state index contributed by atoms with van der Waals surface area (Å²) in [4.78, 5) is 12.0. The maximum absolute atomic E-state index is 12.0. The average molecular weight is 244 g/mol. The first kappa shape index (κ1) is 14.3. The summed E-state index contributed by atoms with van der Waals surface area (Å²) in [7, 11) is 0. The van der Waals surface area contributed by atoms with Gasteiger partial charge in [0.05, 0.1) is 0 Å². The van der Waals surface area contributed by atoms with Crippen molar-refractivity contribution in [3.8, 4) is 12.3 Å². The molecule has 0 atom stereocenters. The number of carbonyl (C=O) groups excluding carboxylic acids is 1. The smallest absolute Gasteiger partial charge is 0.251 e. The van der Waals surface area contributed by atoms with Gasteiger partial charge in [-0.2, -0.15) is 0 Å². The highest BCUT2D eigenvalue weighted by Crippen LogP contribution is 2.09. The van der Waals surface area contributed by atoms with E-state index in [2.05, 4.69) is 11.2 Å². The number of rotatable bonds is 7. The van der Waals surface area contributed by atoms with Crippen molar-refractivity contribution in [3.05, 3.63) is 35.4 Å². The van der Waals surface area contributed by atoms with Gasteiger partial charge in [0.15, 0.2) is 0 Å². The Bertz CT molecular complexity index is 421. The molecule has 0 heterocycles. The van der Waals surface area contributed by atoms with Crippen LogP contribution in [0.4, 0.5) is 0 Å². The maximum Gasteiger partial charge on any atom is 0.251 e. The SMILES string of the molecule is C#CCCCCNC(=O)c1ccccc1CCN. The molecule has 1 rings (SSSR count). The molecule has 0 saturated carbocycles. The Balaban J connectivity index is 2.48. The summed E-state index contributed by atoms with van der Waals surface area (Å²) in [6, 6.07) is 7.57. The summed E-state index contributed by atoms with van der Waals surface area (Å²) < 4.78 is 0. The van der Waals surface area contributed by atoms with E-state index in [1.807, 2.05) is 24.3 Å². The Kier molecular flexibility index (Phi) is 6.60. The van der Waals surface area contributed by atoms with Gasteiger partial charge in [0.1, 0.15) is 0 Å². The second kappa shape index (κ2) is 8.32. The third-order valence-corrected chi connectivity index (χ3v) is 2.71. The Morgan fingerprint density at radius 1 is 1.33 bits per heavy atom. The number of hydrogen-bond acceptors (Lipinski definition) is 2. The normalized spacial score (nSPS) is 9.78. The highest BCUT2D eigenvalue weighted by molar-refractivity contribution is 5.95. The first-order chi connectivity index (χ1) is 8.79. The van der Waals surface area contributed by atoms with Gasteiger partial charge in [-0.05, 0) is 37.4 Å². The topological polar surface area (TPSA) is 55.1 Å². The quantitative estimate of drug-likeness (QED) is 0.567. The van der Waals surface area contributed by atoms with Crippen LogP contribution in [0.1, 0.15) is 35.2 Å². The summed E-state index contributed by atoms with van der Waals surface area (Å²) in [5, 5.41) is 2.91. The van der Waals surface area contributed by atoms with Crippen LogP contribution in [0.2, 0.25) is 0 Å². The summed E-state index contributed by atoms with van der Waals surface area (Å²) >= 11 is 0. The summed E-state index contributed by atoms with van der Waals surface area (Å²) in [5.74, 6) is 2.56. The second-order valence-electron chi connectivity index (χ2n) is 4.11. The minimum Gasteiger partial charge on any atom is -0.352 e. The van der Waals surface area contributed by atoms with Crippen LogP contribution in [-0.2, 0) is 6.42 Å². The highest BCUT2D eigenvalue weighted by atomic mass is 16.1. The van der Waals surface area contributed by atoms with E-state index in [1.165, 1.54) is 0 Å². The van der Waals surface area contributed by atoms with E-state index in [0.717, 1.165) is 36.8 Å². The van der Waals surface area contributed by atoms with Gasteiger partial charge in [0.25, 0.3) is 5.91 Å². The standard InChI is InChI=1S/C15H20N2O/c1-2-3-4-7-12-17-15(18)14-9-6-5-8-13(14)10-11-16/h1,5-6,8-9H,3-4,7,10-12,16H2,(H,17,18). The Labute approximate surface area is 109 Å². The molecular weight excluding hydrogens is 224 g/mol. The molecule has 3 nitrogen and oxygen atoms in total. The van der Waals surface area contributed by atoms with Gasteiger partial charge in [-0.25, -0.2) is 0 Å². The lowest BCUT2D eigenvalue weighted by Gasteiger charge is -2.09. The number of nitrogens with two attached hydrogens (primary N) is 1. The Morgan fingerprint density at radius 3 is 2.83 bits per heavy atom. The predicted molar refractivity (Wildman–Crippen MR) is 74.2 cm³/mol. The van der Waals surface area contributed by atoms with Crippen LogP contribution in [0.3, 0.4) is 0 Å². The molecule has 1 aromatic rings. The monoisotopic (exact) mass is 244 g/mol. The van der Waals surface area contributed by atoms with Crippen LogP contribution in [0, 0.1) is 12.3 Å². The van der Waals surface area contributed by atoms with Gasteiger partial charge in [0.2, 0.25) is 0 Å². The molecule has 3 heteroatoms. The zero-order valence-electron chi connectivity index (χ0n) is 10.6. The third kappa shape index (κ3) is 4.60. The lowest BCUT2D eigenvalue weighted by Crippen LogP contribution is -2.25. The molecule has 0 aliphatic carbocycles. The Hall–Kier alpha value is -1.79. The van der Waals surface area contributed by atoms with E-state index in [9.17, 15) is 4.79 Å². The number of terminal acetylenes is 1. The van der Waals surface area contributed by atoms with Crippen LogP contribution in [0.15, 0.2) is 24.3 Å². The van der Waals surface area contributed by atoms with Crippen LogP contribution in [0.25, 0.3) is 0 Å². The van der Waals surface area contributed by atoms with E-state index >= 15 is 0 Å². The van der Waals surface area contributed by atoms with E-state index in [-0.39, 0.29) is 5.91 Å². The van der Waals surface area contributed by atoms with Crippen LogP contribution >= 0.6 is 0 Å². The first-order valence-corrected chi connectivity index (χ1v) is 6.29. The van der Waals surface area contributed by atoms with Gasteiger partial charge in [-0.3, -0.25) is 4.79 Å². The number of unbranched alkanes of at least 4 members (excludes halogenated alkanes) is 2. The van der Waals surface area contributed by atoms with Gasteiger partial charge in [-0.15, -0.1) is 12.3 Å². The molecule has 18 heavy (non-hydrogen) atoms. The van der Waals surface area contributed by atoms with Crippen molar-refractivity contribution < 1.29 is 4.79 Å². The summed E-state index contributed by atoms with van der Waals surface area (Å²) in [6.07, 6.45) is 8.51. The fourth-order valence-electron chi connectivity index (χ4n) is 1.76. The van der Waals surface area contributed by atoms with Crippen LogP contribution in [-0.4, -0.2) is 19.0 Å². The number of benzene rings is 1. The highest BCUT2D eigenvalue weighted by Gasteiger charge is 2.09. The summed E-state index contributed by atoms with van der Waals surface area (Å²) in [5.41, 5.74) is 7.26. The molecule has 96 valence electrons. The van der Waals surface area contributed by atoms with Crippen LogP contribution < -0.4 is 11.1 Å². The van der Waals surface area contributed by atoms with E-state index in [1.54, 1.807) is 0 Å². The van der Waals surface area contributed by atoms with Gasteiger partial charge < -0.3 is 11.1 Å². The van der Waals surface area contributed by atoms with Crippen molar-refractivity contribution in [3.63, 3.8) is 0 Å². The van der Waals surface area contributed by atoms with Crippen molar-refractivity contribution in [1.82, 2.24) is 5.32 Å². The molecule has 3 N–H and O–H groups in total.